The highest BCUT2D eigenvalue weighted by molar-refractivity contribution is 7.99. The Morgan fingerprint density at radius 2 is 2.53 bits per heavy atom. The van der Waals surface area contributed by atoms with E-state index < -0.39 is 0 Å². The molecule has 1 aromatic rings. The number of hydrogen-bond acceptors (Lipinski definition) is 5. The lowest BCUT2D eigenvalue weighted by Crippen LogP contribution is -2.25. The molecule has 0 radical (unpaired) electrons. The van der Waals surface area contributed by atoms with E-state index in [0.717, 1.165) is 17.9 Å². The maximum absolute atomic E-state index is 11.8. The lowest BCUT2D eigenvalue weighted by molar-refractivity contribution is 0.0950. The number of rotatable bonds is 6. The molecule has 0 spiro atoms. The van der Waals surface area contributed by atoms with E-state index in [1.54, 1.807) is 18.3 Å². The van der Waals surface area contributed by atoms with Crippen molar-refractivity contribution in [1.82, 2.24) is 10.3 Å². The topological polar surface area (TPSA) is 71.5 Å². The molecular formula is C13H18N2O3S. The van der Waals surface area contributed by atoms with Gasteiger partial charge in [-0.15, -0.1) is 0 Å². The van der Waals surface area contributed by atoms with Crippen LogP contribution in [0, 0.1) is 0 Å². The normalized spacial score (nSPS) is 18.3. The van der Waals surface area contributed by atoms with Crippen molar-refractivity contribution >= 4 is 17.7 Å². The summed E-state index contributed by atoms with van der Waals surface area (Å²) in [7, 11) is 0. The van der Waals surface area contributed by atoms with Crippen LogP contribution in [0.15, 0.2) is 18.3 Å². The van der Waals surface area contributed by atoms with Crippen LogP contribution < -0.4 is 10.1 Å². The number of ether oxygens (including phenoxy) is 1. The minimum Gasteiger partial charge on any atom is -0.473 e. The number of thioether (sulfide) groups is 1. The van der Waals surface area contributed by atoms with E-state index in [9.17, 15) is 4.79 Å². The molecule has 1 atom stereocenters. The summed E-state index contributed by atoms with van der Waals surface area (Å²) in [5.74, 6) is 2.43. The van der Waals surface area contributed by atoms with Crippen LogP contribution >= 0.6 is 11.8 Å². The average Bonchev–Trinajstić information content (AvgIpc) is 2.92. The Hall–Kier alpha value is -1.27. The summed E-state index contributed by atoms with van der Waals surface area (Å²) in [6.45, 7) is 0.539. The zero-order valence-corrected chi connectivity index (χ0v) is 11.5. The summed E-state index contributed by atoms with van der Waals surface area (Å²) < 4.78 is 5.74. The summed E-state index contributed by atoms with van der Waals surface area (Å²) in [6, 6.07) is 3.32. The number of carbonyl (C=O) groups is 1. The summed E-state index contributed by atoms with van der Waals surface area (Å²) >= 11 is 1.87. The molecule has 0 aliphatic carbocycles. The molecule has 0 saturated carbocycles. The fourth-order valence-corrected chi connectivity index (χ4v) is 2.87. The maximum Gasteiger partial charge on any atom is 0.251 e. The standard InChI is InChI=1S/C13H18N2O3S/c16-6-1-4-15-13(17)10-2-5-14-12(8-10)18-11-3-7-19-9-11/h2,5,8,11,16H,1,3-4,6-7,9H2,(H,15,17). The molecule has 0 bridgehead atoms. The van der Waals surface area contributed by atoms with Crippen molar-refractivity contribution in [2.45, 2.75) is 18.9 Å². The predicted molar refractivity (Wildman–Crippen MR) is 74.6 cm³/mol. The van der Waals surface area contributed by atoms with Crippen LogP contribution in [0.2, 0.25) is 0 Å². The van der Waals surface area contributed by atoms with E-state index in [1.165, 1.54) is 0 Å². The average molecular weight is 282 g/mol. The monoisotopic (exact) mass is 282 g/mol. The molecule has 2 N–H and O–H groups in total. The third kappa shape index (κ3) is 4.40. The molecule has 1 saturated heterocycles. The number of pyridine rings is 1. The van der Waals surface area contributed by atoms with Gasteiger partial charge >= 0.3 is 0 Å². The zero-order chi connectivity index (χ0) is 13.5. The maximum atomic E-state index is 11.8. The third-order valence-corrected chi connectivity index (χ3v) is 3.92. The Morgan fingerprint density at radius 3 is 3.26 bits per heavy atom. The van der Waals surface area contributed by atoms with Gasteiger partial charge in [-0.3, -0.25) is 4.79 Å². The second-order valence-electron chi connectivity index (χ2n) is 4.32. The number of hydrogen-bond donors (Lipinski definition) is 2. The highest BCUT2D eigenvalue weighted by Crippen LogP contribution is 2.22. The SMILES string of the molecule is O=C(NCCCO)c1ccnc(OC2CCSC2)c1. The second kappa shape index (κ2) is 7.35. The first-order chi connectivity index (χ1) is 9.29. The van der Waals surface area contributed by atoms with Gasteiger partial charge in [0.05, 0.1) is 0 Å². The van der Waals surface area contributed by atoms with Gasteiger partial charge in [0.15, 0.2) is 0 Å². The summed E-state index contributed by atoms with van der Waals surface area (Å²) in [6.07, 6.45) is 3.36. The van der Waals surface area contributed by atoms with E-state index in [1.807, 2.05) is 11.8 Å². The highest BCUT2D eigenvalue weighted by Gasteiger charge is 2.18. The molecule has 1 unspecified atom stereocenters. The quantitative estimate of drug-likeness (QED) is 0.764. The van der Waals surface area contributed by atoms with Crippen molar-refractivity contribution in [3.05, 3.63) is 23.9 Å². The van der Waals surface area contributed by atoms with Crippen LogP contribution in [0.1, 0.15) is 23.2 Å². The van der Waals surface area contributed by atoms with Gasteiger partial charge in [0.1, 0.15) is 6.10 Å². The number of amides is 1. The number of nitrogens with zero attached hydrogens (tertiary/aromatic N) is 1. The van der Waals surface area contributed by atoms with Gasteiger partial charge in [-0.05, 0) is 24.7 Å². The van der Waals surface area contributed by atoms with E-state index in [-0.39, 0.29) is 18.6 Å². The molecule has 1 fully saturated rings. The van der Waals surface area contributed by atoms with Gasteiger partial charge in [0, 0.05) is 36.7 Å². The van der Waals surface area contributed by atoms with Gasteiger partial charge in [0.25, 0.3) is 5.91 Å². The van der Waals surface area contributed by atoms with E-state index in [0.29, 0.717) is 24.4 Å². The second-order valence-corrected chi connectivity index (χ2v) is 5.47. The van der Waals surface area contributed by atoms with Crippen LogP contribution in [0.3, 0.4) is 0 Å². The van der Waals surface area contributed by atoms with Crippen molar-refractivity contribution in [3.63, 3.8) is 0 Å². The molecule has 6 heteroatoms. The molecule has 104 valence electrons. The van der Waals surface area contributed by atoms with Crippen LogP contribution in [-0.2, 0) is 0 Å². The predicted octanol–water partition coefficient (Wildman–Crippen LogP) is 1.08. The minimum atomic E-state index is -0.165. The number of carbonyl (C=O) groups excluding carboxylic acids is 1. The Labute approximate surface area is 116 Å². The van der Waals surface area contributed by atoms with Crippen molar-refractivity contribution in [1.29, 1.82) is 0 Å². The molecule has 1 aliphatic heterocycles. The van der Waals surface area contributed by atoms with Crippen molar-refractivity contribution in [2.75, 3.05) is 24.7 Å². The number of aromatic nitrogens is 1. The van der Waals surface area contributed by atoms with Crippen LogP contribution in [0.5, 0.6) is 5.88 Å². The first kappa shape index (κ1) is 14.1. The molecule has 1 aliphatic rings. The number of nitrogens with one attached hydrogen (secondary N) is 1. The summed E-state index contributed by atoms with van der Waals surface area (Å²) in [4.78, 5) is 16.0. The molecule has 0 aromatic carbocycles. The van der Waals surface area contributed by atoms with Gasteiger partial charge in [-0.1, -0.05) is 0 Å². The van der Waals surface area contributed by atoms with Crippen molar-refractivity contribution in [3.8, 4) is 5.88 Å². The van der Waals surface area contributed by atoms with Crippen molar-refractivity contribution < 1.29 is 14.6 Å². The smallest absolute Gasteiger partial charge is 0.251 e. The highest BCUT2D eigenvalue weighted by atomic mass is 32.2. The van der Waals surface area contributed by atoms with Crippen molar-refractivity contribution in [2.24, 2.45) is 0 Å². The molecule has 5 nitrogen and oxygen atoms in total. The number of aliphatic hydroxyl groups is 1. The summed E-state index contributed by atoms with van der Waals surface area (Å²) in [5.41, 5.74) is 0.536. The van der Waals surface area contributed by atoms with Gasteiger partial charge in [-0.25, -0.2) is 4.98 Å². The van der Waals surface area contributed by atoms with E-state index in [4.69, 9.17) is 9.84 Å². The third-order valence-electron chi connectivity index (χ3n) is 2.79. The minimum absolute atomic E-state index is 0.0737. The van der Waals surface area contributed by atoms with Crippen LogP contribution in [0.4, 0.5) is 0 Å². The molecule has 1 amide bonds. The summed E-state index contributed by atoms with van der Waals surface area (Å²) in [5, 5.41) is 11.4. The lowest BCUT2D eigenvalue weighted by atomic mass is 10.2. The van der Waals surface area contributed by atoms with Gasteiger partial charge < -0.3 is 15.2 Å². The van der Waals surface area contributed by atoms with Gasteiger partial charge in [0.2, 0.25) is 5.88 Å². The molecule has 2 heterocycles. The lowest BCUT2D eigenvalue weighted by Gasteiger charge is -2.12. The fraction of sp³-hybridized carbons (Fsp3) is 0.538. The largest absolute Gasteiger partial charge is 0.473 e. The van der Waals surface area contributed by atoms with Crippen LogP contribution in [-0.4, -0.2) is 46.8 Å². The molecule has 2 rings (SSSR count). The van der Waals surface area contributed by atoms with Gasteiger partial charge in [-0.2, -0.15) is 11.8 Å². The zero-order valence-electron chi connectivity index (χ0n) is 10.7. The van der Waals surface area contributed by atoms with E-state index >= 15 is 0 Å². The van der Waals surface area contributed by atoms with E-state index in [2.05, 4.69) is 10.3 Å². The Bertz CT molecular complexity index is 422. The molecule has 19 heavy (non-hydrogen) atoms. The Morgan fingerprint density at radius 1 is 1.63 bits per heavy atom. The Kier molecular flexibility index (Phi) is 5.47. The first-order valence-corrected chi connectivity index (χ1v) is 7.54. The Balaban J connectivity index is 1.91. The molecule has 1 aromatic heterocycles. The van der Waals surface area contributed by atoms with Crippen LogP contribution in [0.25, 0.3) is 0 Å². The fourth-order valence-electron chi connectivity index (χ4n) is 1.77. The molecular weight excluding hydrogens is 264 g/mol. The number of aliphatic hydroxyl groups excluding tert-OH is 1. The first-order valence-electron chi connectivity index (χ1n) is 6.39.